The second-order valence-electron chi connectivity index (χ2n) is 6.01. The summed E-state index contributed by atoms with van der Waals surface area (Å²) < 4.78 is 20.4. The summed E-state index contributed by atoms with van der Waals surface area (Å²) in [4.78, 5) is 4.33. The van der Waals surface area contributed by atoms with E-state index in [0.29, 0.717) is 26.1 Å². The summed E-state index contributed by atoms with van der Waals surface area (Å²) in [7, 11) is 0. The van der Waals surface area contributed by atoms with Gasteiger partial charge in [0.1, 0.15) is 5.67 Å². The van der Waals surface area contributed by atoms with Gasteiger partial charge in [0.25, 0.3) is 0 Å². The van der Waals surface area contributed by atoms with E-state index >= 15 is 0 Å². The number of hydrogen-bond donors (Lipinski definition) is 1. The topological polar surface area (TPSA) is 34.1 Å². The molecule has 0 amide bonds. The summed E-state index contributed by atoms with van der Waals surface area (Å²) in [5, 5.41) is 4.36. The SMILES string of the molecule is CC(F)(Cc1ccnc2ccccc12)CC1COCCN1. The Hall–Kier alpha value is -1.52. The number of nitrogens with one attached hydrogen (secondary N) is 1. The van der Waals surface area contributed by atoms with Crippen LogP contribution in [0.15, 0.2) is 36.5 Å². The summed E-state index contributed by atoms with van der Waals surface area (Å²) in [5.74, 6) is 0. The van der Waals surface area contributed by atoms with Gasteiger partial charge < -0.3 is 10.1 Å². The predicted molar refractivity (Wildman–Crippen MR) is 82.2 cm³/mol. The zero-order valence-electron chi connectivity index (χ0n) is 12.3. The van der Waals surface area contributed by atoms with Gasteiger partial charge in [-0.1, -0.05) is 18.2 Å². The highest BCUT2D eigenvalue weighted by Crippen LogP contribution is 2.27. The third-order valence-electron chi connectivity index (χ3n) is 3.97. The first-order chi connectivity index (χ1) is 10.1. The van der Waals surface area contributed by atoms with Crippen LogP contribution >= 0.6 is 0 Å². The van der Waals surface area contributed by atoms with E-state index in [1.54, 1.807) is 13.1 Å². The standard InChI is InChI=1S/C17H21FN2O/c1-17(18,11-14-12-21-9-8-19-14)10-13-6-7-20-16-5-3-2-4-15(13)16/h2-7,14,19H,8-12H2,1H3. The van der Waals surface area contributed by atoms with Crippen molar-refractivity contribution in [2.24, 2.45) is 0 Å². The molecule has 0 bridgehead atoms. The molecule has 0 aliphatic carbocycles. The predicted octanol–water partition coefficient (Wildman–Crippen LogP) is 2.88. The van der Waals surface area contributed by atoms with Crippen molar-refractivity contribution < 1.29 is 9.13 Å². The van der Waals surface area contributed by atoms with Crippen LogP contribution in [0.1, 0.15) is 18.9 Å². The van der Waals surface area contributed by atoms with E-state index in [2.05, 4.69) is 10.3 Å². The number of fused-ring (bicyclic) bond motifs is 1. The molecule has 1 N–H and O–H groups in total. The Morgan fingerprint density at radius 1 is 1.38 bits per heavy atom. The first kappa shape index (κ1) is 14.4. The largest absolute Gasteiger partial charge is 0.379 e. The number of para-hydroxylation sites is 1. The average molecular weight is 288 g/mol. The van der Waals surface area contributed by atoms with Crippen LogP contribution in [0.25, 0.3) is 10.9 Å². The summed E-state index contributed by atoms with van der Waals surface area (Å²) in [6.45, 7) is 3.79. The Labute approximate surface area is 124 Å². The number of alkyl halides is 1. The van der Waals surface area contributed by atoms with E-state index in [1.807, 2.05) is 30.3 Å². The molecule has 3 nitrogen and oxygen atoms in total. The molecule has 0 saturated carbocycles. The maximum absolute atomic E-state index is 15.0. The van der Waals surface area contributed by atoms with Gasteiger partial charge in [-0.05, 0) is 31.0 Å². The zero-order chi connectivity index (χ0) is 14.7. The number of aromatic nitrogens is 1. The molecule has 1 saturated heterocycles. The number of pyridine rings is 1. The minimum atomic E-state index is -1.26. The molecule has 4 heteroatoms. The first-order valence-corrected chi connectivity index (χ1v) is 7.47. The molecule has 3 rings (SSSR count). The van der Waals surface area contributed by atoms with Gasteiger partial charge in [-0.25, -0.2) is 4.39 Å². The monoisotopic (exact) mass is 288 g/mol. The number of halogens is 1. The normalized spacial score (nSPS) is 22.1. The molecule has 1 aromatic heterocycles. The summed E-state index contributed by atoms with van der Waals surface area (Å²) >= 11 is 0. The zero-order valence-corrected chi connectivity index (χ0v) is 12.3. The molecule has 112 valence electrons. The van der Waals surface area contributed by atoms with Crippen LogP contribution in [0, 0.1) is 0 Å². The lowest BCUT2D eigenvalue weighted by atomic mass is 9.90. The Kier molecular flexibility index (Phi) is 4.17. The van der Waals surface area contributed by atoms with Gasteiger partial charge in [0, 0.05) is 30.6 Å². The number of rotatable bonds is 4. The maximum atomic E-state index is 15.0. The van der Waals surface area contributed by atoms with Crippen LogP contribution in [0.5, 0.6) is 0 Å². The van der Waals surface area contributed by atoms with Crippen molar-refractivity contribution >= 4 is 10.9 Å². The first-order valence-electron chi connectivity index (χ1n) is 7.47. The van der Waals surface area contributed by atoms with Gasteiger partial charge in [-0.3, -0.25) is 4.98 Å². The van der Waals surface area contributed by atoms with Gasteiger partial charge >= 0.3 is 0 Å². The number of ether oxygens (including phenoxy) is 1. The Morgan fingerprint density at radius 3 is 3.05 bits per heavy atom. The fourth-order valence-electron chi connectivity index (χ4n) is 3.04. The van der Waals surface area contributed by atoms with E-state index in [-0.39, 0.29) is 6.04 Å². The quantitative estimate of drug-likeness (QED) is 0.939. The fourth-order valence-corrected chi connectivity index (χ4v) is 3.04. The smallest absolute Gasteiger partial charge is 0.113 e. The molecule has 1 aromatic carbocycles. The third kappa shape index (κ3) is 3.57. The lowest BCUT2D eigenvalue weighted by Crippen LogP contribution is -2.45. The molecule has 2 unspecified atom stereocenters. The van der Waals surface area contributed by atoms with Crippen molar-refractivity contribution in [2.75, 3.05) is 19.8 Å². The van der Waals surface area contributed by atoms with Gasteiger partial charge in [-0.15, -0.1) is 0 Å². The average Bonchev–Trinajstić information content (AvgIpc) is 2.48. The highest BCUT2D eigenvalue weighted by molar-refractivity contribution is 5.81. The molecule has 1 aliphatic rings. The van der Waals surface area contributed by atoms with Gasteiger partial charge in [-0.2, -0.15) is 0 Å². The number of nitrogens with zero attached hydrogens (tertiary/aromatic N) is 1. The molecule has 2 aromatic rings. The summed E-state index contributed by atoms with van der Waals surface area (Å²) in [6.07, 6.45) is 2.62. The number of hydrogen-bond acceptors (Lipinski definition) is 3. The van der Waals surface area contributed by atoms with Crippen LogP contribution < -0.4 is 5.32 Å². The van der Waals surface area contributed by atoms with Gasteiger partial charge in [0.2, 0.25) is 0 Å². The van der Waals surface area contributed by atoms with Crippen molar-refractivity contribution in [1.29, 1.82) is 0 Å². The molecule has 1 aliphatic heterocycles. The Balaban J connectivity index is 1.76. The second kappa shape index (κ2) is 6.08. The fraction of sp³-hybridized carbons (Fsp3) is 0.471. The van der Waals surface area contributed by atoms with E-state index in [0.717, 1.165) is 23.0 Å². The van der Waals surface area contributed by atoms with Crippen molar-refractivity contribution in [2.45, 2.75) is 31.5 Å². The lowest BCUT2D eigenvalue weighted by Gasteiger charge is -2.30. The highest BCUT2D eigenvalue weighted by Gasteiger charge is 2.29. The van der Waals surface area contributed by atoms with E-state index in [4.69, 9.17) is 4.74 Å². The second-order valence-corrected chi connectivity index (χ2v) is 6.01. The van der Waals surface area contributed by atoms with E-state index in [9.17, 15) is 4.39 Å². The van der Waals surface area contributed by atoms with Crippen molar-refractivity contribution in [3.05, 3.63) is 42.1 Å². The van der Waals surface area contributed by atoms with Crippen LogP contribution in [0.4, 0.5) is 4.39 Å². The van der Waals surface area contributed by atoms with Crippen LogP contribution in [0.2, 0.25) is 0 Å². The Morgan fingerprint density at radius 2 is 2.24 bits per heavy atom. The lowest BCUT2D eigenvalue weighted by molar-refractivity contribution is 0.0484. The third-order valence-corrected chi connectivity index (χ3v) is 3.97. The minimum Gasteiger partial charge on any atom is -0.379 e. The maximum Gasteiger partial charge on any atom is 0.113 e. The summed E-state index contributed by atoms with van der Waals surface area (Å²) in [5.41, 5.74) is 0.676. The molecule has 0 radical (unpaired) electrons. The van der Waals surface area contributed by atoms with Crippen molar-refractivity contribution in [3.63, 3.8) is 0 Å². The molecule has 1 fully saturated rings. The van der Waals surface area contributed by atoms with Gasteiger partial charge in [0.05, 0.1) is 18.7 Å². The van der Waals surface area contributed by atoms with Crippen LogP contribution in [-0.4, -0.2) is 36.5 Å². The van der Waals surface area contributed by atoms with Crippen molar-refractivity contribution in [3.8, 4) is 0 Å². The molecule has 2 heterocycles. The van der Waals surface area contributed by atoms with Crippen LogP contribution in [-0.2, 0) is 11.2 Å². The molecular formula is C17H21FN2O. The van der Waals surface area contributed by atoms with Crippen molar-refractivity contribution in [1.82, 2.24) is 10.3 Å². The van der Waals surface area contributed by atoms with Crippen LogP contribution in [0.3, 0.4) is 0 Å². The van der Waals surface area contributed by atoms with E-state index < -0.39 is 5.67 Å². The molecule has 2 atom stereocenters. The minimum absolute atomic E-state index is 0.0989. The molecular weight excluding hydrogens is 267 g/mol. The van der Waals surface area contributed by atoms with E-state index in [1.165, 1.54) is 0 Å². The number of morpholine rings is 1. The highest BCUT2D eigenvalue weighted by atomic mass is 19.1. The van der Waals surface area contributed by atoms with Gasteiger partial charge in [0.15, 0.2) is 0 Å². The molecule has 21 heavy (non-hydrogen) atoms. The molecule has 0 spiro atoms. The Bertz CT molecular complexity index is 603. The summed E-state index contributed by atoms with van der Waals surface area (Å²) in [6, 6.07) is 9.92. The number of benzene rings is 1.